The van der Waals surface area contributed by atoms with E-state index in [9.17, 15) is 0 Å². The lowest BCUT2D eigenvalue weighted by Crippen LogP contribution is -2.22. The number of nitrogens with two attached hydrogens (primary N) is 1. The summed E-state index contributed by atoms with van der Waals surface area (Å²) >= 11 is 0. The van der Waals surface area contributed by atoms with Crippen molar-refractivity contribution in [3.05, 3.63) is 65.2 Å². The molecule has 21 heavy (non-hydrogen) atoms. The minimum Gasteiger partial charge on any atom is -0.370 e. The third-order valence-corrected chi connectivity index (χ3v) is 4.04. The summed E-state index contributed by atoms with van der Waals surface area (Å²) in [5.74, 6) is 0. The monoisotopic (exact) mass is 282 g/mol. The maximum absolute atomic E-state index is 6.06. The molecule has 1 atom stereocenters. The second kappa shape index (κ2) is 7.28. The molecule has 0 aliphatic carbocycles. The fourth-order valence-corrected chi connectivity index (χ4v) is 2.52. The molecular weight excluding hydrogens is 256 g/mol. The Morgan fingerprint density at radius 1 is 1.10 bits per heavy atom. The highest BCUT2D eigenvalue weighted by Crippen LogP contribution is 2.21. The van der Waals surface area contributed by atoms with E-state index in [-0.39, 0.29) is 6.04 Å². The van der Waals surface area contributed by atoms with Crippen LogP contribution in [0.4, 0.5) is 5.69 Å². The van der Waals surface area contributed by atoms with Crippen LogP contribution >= 0.6 is 0 Å². The van der Waals surface area contributed by atoms with E-state index < -0.39 is 0 Å². The molecule has 2 heteroatoms. The minimum absolute atomic E-state index is 0.261. The molecule has 0 heterocycles. The largest absolute Gasteiger partial charge is 0.370 e. The zero-order chi connectivity index (χ0) is 15.2. The van der Waals surface area contributed by atoms with E-state index in [1.165, 1.54) is 22.4 Å². The van der Waals surface area contributed by atoms with Gasteiger partial charge in [0.2, 0.25) is 0 Å². The Balaban J connectivity index is 2.08. The molecule has 1 unspecified atom stereocenters. The van der Waals surface area contributed by atoms with E-state index in [1.54, 1.807) is 0 Å². The van der Waals surface area contributed by atoms with Gasteiger partial charge in [-0.3, -0.25) is 0 Å². The molecule has 2 aromatic carbocycles. The van der Waals surface area contributed by atoms with Crippen LogP contribution in [0, 0.1) is 6.92 Å². The minimum atomic E-state index is 0.261. The number of nitrogens with zero attached hydrogens (tertiary/aromatic N) is 1. The van der Waals surface area contributed by atoms with Crippen LogP contribution in [-0.4, -0.2) is 13.1 Å². The zero-order valence-electron chi connectivity index (χ0n) is 13.3. The van der Waals surface area contributed by atoms with E-state index in [1.807, 2.05) is 0 Å². The van der Waals surface area contributed by atoms with E-state index in [4.69, 9.17) is 5.73 Å². The fraction of sp³-hybridized carbons (Fsp3) is 0.368. The molecule has 0 radical (unpaired) electrons. The number of hydrogen-bond donors (Lipinski definition) is 1. The first kappa shape index (κ1) is 15.6. The molecule has 0 bridgehead atoms. The van der Waals surface area contributed by atoms with Gasteiger partial charge in [-0.1, -0.05) is 43.3 Å². The smallest absolute Gasteiger partial charge is 0.0426 e. The number of aryl methyl sites for hydroxylation is 1. The zero-order valence-corrected chi connectivity index (χ0v) is 13.3. The van der Waals surface area contributed by atoms with Gasteiger partial charge in [0.15, 0.2) is 0 Å². The standard InChI is InChI=1S/C19H26N2/c1-4-18(20)13-17-10-11-19(12-15(17)2)21(3)14-16-8-6-5-7-9-16/h5-12,18H,4,13-14,20H2,1-3H3. The van der Waals surface area contributed by atoms with Gasteiger partial charge < -0.3 is 10.6 Å². The summed E-state index contributed by atoms with van der Waals surface area (Å²) in [6.45, 7) is 5.24. The summed E-state index contributed by atoms with van der Waals surface area (Å²) in [4.78, 5) is 2.28. The Labute approximate surface area is 128 Å². The molecule has 0 saturated carbocycles. The SMILES string of the molecule is CCC(N)Cc1ccc(N(C)Cc2ccccc2)cc1C. The predicted molar refractivity (Wildman–Crippen MR) is 91.7 cm³/mol. The Morgan fingerprint density at radius 2 is 1.81 bits per heavy atom. The maximum atomic E-state index is 6.06. The molecule has 2 nitrogen and oxygen atoms in total. The van der Waals surface area contributed by atoms with Crippen LogP contribution in [0.1, 0.15) is 30.0 Å². The van der Waals surface area contributed by atoms with Crippen LogP contribution in [0.25, 0.3) is 0 Å². The number of anilines is 1. The first-order valence-electron chi connectivity index (χ1n) is 7.70. The highest BCUT2D eigenvalue weighted by molar-refractivity contribution is 5.50. The van der Waals surface area contributed by atoms with E-state index in [2.05, 4.69) is 74.3 Å². The Kier molecular flexibility index (Phi) is 5.40. The van der Waals surface area contributed by atoms with Crippen molar-refractivity contribution in [3.8, 4) is 0 Å². The van der Waals surface area contributed by atoms with Crippen LogP contribution in [0.3, 0.4) is 0 Å². The Bertz CT molecular complexity index is 563. The molecule has 0 aliphatic rings. The lowest BCUT2D eigenvalue weighted by atomic mass is 9.99. The average Bonchev–Trinajstić information content (AvgIpc) is 2.50. The molecule has 112 valence electrons. The van der Waals surface area contributed by atoms with Gasteiger partial charge in [0.25, 0.3) is 0 Å². The second-order valence-electron chi connectivity index (χ2n) is 5.82. The molecule has 0 saturated heterocycles. The third kappa shape index (κ3) is 4.33. The highest BCUT2D eigenvalue weighted by atomic mass is 15.1. The van der Waals surface area contributed by atoms with E-state index in [0.717, 1.165) is 19.4 Å². The van der Waals surface area contributed by atoms with Gasteiger partial charge in [-0.15, -0.1) is 0 Å². The van der Waals surface area contributed by atoms with Gasteiger partial charge in [-0.05, 0) is 48.6 Å². The summed E-state index contributed by atoms with van der Waals surface area (Å²) in [5.41, 5.74) is 11.3. The molecule has 0 amide bonds. The van der Waals surface area contributed by atoms with Gasteiger partial charge in [0.1, 0.15) is 0 Å². The molecule has 0 aromatic heterocycles. The summed E-state index contributed by atoms with van der Waals surface area (Å²) < 4.78 is 0. The molecule has 0 aliphatic heterocycles. The molecule has 0 fully saturated rings. The molecular formula is C19H26N2. The van der Waals surface area contributed by atoms with Crippen molar-refractivity contribution in [2.45, 2.75) is 39.3 Å². The molecule has 2 N–H and O–H groups in total. The van der Waals surface area contributed by atoms with Crippen molar-refractivity contribution < 1.29 is 0 Å². The maximum Gasteiger partial charge on any atom is 0.0426 e. The van der Waals surface area contributed by atoms with Gasteiger partial charge in [-0.25, -0.2) is 0 Å². The van der Waals surface area contributed by atoms with Crippen molar-refractivity contribution in [2.24, 2.45) is 5.73 Å². The first-order chi connectivity index (χ1) is 10.1. The average molecular weight is 282 g/mol. The van der Waals surface area contributed by atoms with Crippen molar-refractivity contribution in [2.75, 3.05) is 11.9 Å². The Morgan fingerprint density at radius 3 is 2.43 bits per heavy atom. The quantitative estimate of drug-likeness (QED) is 0.870. The number of hydrogen-bond acceptors (Lipinski definition) is 2. The third-order valence-electron chi connectivity index (χ3n) is 4.04. The van der Waals surface area contributed by atoms with Crippen LogP contribution in [-0.2, 0) is 13.0 Å². The summed E-state index contributed by atoms with van der Waals surface area (Å²) in [6.07, 6.45) is 1.99. The van der Waals surface area contributed by atoms with Crippen molar-refractivity contribution >= 4 is 5.69 Å². The van der Waals surface area contributed by atoms with Gasteiger partial charge in [-0.2, -0.15) is 0 Å². The van der Waals surface area contributed by atoms with Crippen LogP contribution in [0.5, 0.6) is 0 Å². The van der Waals surface area contributed by atoms with E-state index in [0.29, 0.717) is 0 Å². The van der Waals surface area contributed by atoms with Crippen molar-refractivity contribution in [1.82, 2.24) is 0 Å². The fourth-order valence-electron chi connectivity index (χ4n) is 2.52. The van der Waals surface area contributed by atoms with Crippen molar-refractivity contribution in [1.29, 1.82) is 0 Å². The lowest BCUT2D eigenvalue weighted by Gasteiger charge is -2.21. The van der Waals surface area contributed by atoms with Crippen molar-refractivity contribution in [3.63, 3.8) is 0 Å². The number of rotatable bonds is 6. The normalized spacial score (nSPS) is 12.2. The number of benzene rings is 2. The van der Waals surface area contributed by atoms with Crippen LogP contribution in [0.2, 0.25) is 0 Å². The second-order valence-corrected chi connectivity index (χ2v) is 5.82. The lowest BCUT2D eigenvalue weighted by molar-refractivity contribution is 0.644. The van der Waals surface area contributed by atoms with E-state index >= 15 is 0 Å². The molecule has 0 spiro atoms. The molecule has 2 aromatic rings. The summed E-state index contributed by atoms with van der Waals surface area (Å²) in [7, 11) is 2.14. The summed E-state index contributed by atoms with van der Waals surface area (Å²) in [5, 5.41) is 0. The first-order valence-corrected chi connectivity index (χ1v) is 7.70. The van der Waals surface area contributed by atoms with Gasteiger partial charge in [0.05, 0.1) is 0 Å². The van der Waals surface area contributed by atoms with Crippen LogP contribution in [0.15, 0.2) is 48.5 Å². The highest BCUT2D eigenvalue weighted by Gasteiger charge is 2.07. The topological polar surface area (TPSA) is 29.3 Å². The predicted octanol–water partition coefficient (Wildman–Crippen LogP) is 3.91. The Hall–Kier alpha value is -1.80. The molecule has 2 rings (SSSR count). The van der Waals surface area contributed by atoms with Crippen LogP contribution < -0.4 is 10.6 Å². The summed E-state index contributed by atoms with van der Waals surface area (Å²) in [6, 6.07) is 17.5. The van der Waals surface area contributed by atoms with Gasteiger partial charge in [0, 0.05) is 25.3 Å². The van der Waals surface area contributed by atoms with Gasteiger partial charge >= 0.3 is 0 Å².